The zero-order valence-corrected chi connectivity index (χ0v) is 12.7. The van der Waals surface area contributed by atoms with Crippen LogP contribution in [0.3, 0.4) is 0 Å². The summed E-state index contributed by atoms with van der Waals surface area (Å²) in [5, 5.41) is 2.83. The zero-order chi connectivity index (χ0) is 14.8. The first-order valence-corrected chi connectivity index (χ1v) is 7.97. The smallest absolute Gasteiger partial charge is 0.237 e. The molecule has 21 heavy (non-hydrogen) atoms. The van der Waals surface area contributed by atoms with Crippen LogP contribution in [0.4, 0.5) is 5.69 Å². The van der Waals surface area contributed by atoms with Gasteiger partial charge in [-0.2, -0.15) is 0 Å². The molecule has 2 aliphatic rings. The van der Waals surface area contributed by atoms with Crippen molar-refractivity contribution in [1.82, 2.24) is 4.90 Å². The lowest BCUT2D eigenvalue weighted by atomic mass is 10.1. The molecular formula is C15H18N2O3S. The number of fused-ring (bicyclic) bond motifs is 1. The Kier molecular flexibility index (Phi) is 4.17. The second kappa shape index (κ2) is 6.07. The van der Waals surface area contributed by atoms with Gasteiger partial charge in [0.15, 0.2) is 0 Å². The summed E-state index contributed by atoms with van der Waals surface area (Å²) in [5.74, 6) is 0.130. The predicted molar refractivity (Wildman–Crippen MR) is 81.5 cm³/mol. The van der Waals surface area contributed by atoms with E-state index in [9.17, 15) is 9.59 Å². The van der Waals surface area contributed by atoms with E-state index in [4.69, 9.17) is 4.74 Å². The molecule has 1 saturated heterocycles. The average molecular weight is 306 g/mol. The van der Waals surface area contributed by atoms with Crippen molar-refractivity contribution in [3.8, 4) is 0 Å². The molecule has 3 rings (SSSR count). The lowest BCUT2D eigenvalue weighted by molar-refractivity contribution is -0.134. The summed E-state index contributed by atoms with van der Waals surface area (Å²) in [5.41, 5.74) is 1.75. The van der Waals surface area contributed by atoms with Gasteiger partial charge in [-0.05, 0) is 24.6 Å². The van der Waals surface area contributed by atoms with Crippen LogP contribution >= 0.6 is 11.8 Å². The molecule has 2 aliphatic heterocycles. The van der Waals surface area contributed by atoms with Gasteiger partial charge in [-0.1, -0.05) is 6.07 Å². The van der Waals surface area contributed by atoms with Gasteiger partial charge in [0, 0.05) is 18.0 Å². The number of thioether (sulfide) groups is 1. The normalized spacial score (nSPS) is 21.7. The Labute approximate surface area is 128 Å². The molecule has 1 N–H and O–H groups in total. The predicted octanol–water partition coefficient (Wildman–Crippen LogP) is 1.52. The summed E-state index contributed by atoms with van der Waals surface area (Å²) in [4.78, 5) is 26.8. The SMILES string of the molecule is CC1Sc2ccc(CC(=O)N3CCOCC3)cc2NC1=O. The van der Waals surface area contributed by atoms with Gasteiger partial charge in [0.1, 0.15) is 0 Å². The molecule has 0 bridgehead atoms. The topological polar surface area (TPSA) is 58.6 Å². The number of hydrogen-bond donors (Lipinski definition) is 1. The lowest BCUT2D eigenvalue weighted by Gasteiger charge is -2.27. The minimum Gasteiger partial charge on any atom is -0.378 e. The van der Waals surface area contributed by atoms with Gasteiger partial charge in [-0.15, -0.1) is 11.8 Å². The van der Waals surface area contributed by atoms with Crippen LogP contribution < -0.4 is 5.32 Å². The van der Waals surface area contributed by atoms with Crippen LogP contribution in [0.2, 0.25) is 0 Å². The van der Waals surface area contributed by atoms with Crippen molar-refractivity contribution in [3.63, 3.8) is 0 Å². The molecule has 1 aromatic carbocycles. The largest absolute Gasteiger partial charge is 0.378 e. The lowest BCUT2D eigenvalue weighted by Crippen LogP contribution is -2.41. The van der Waals surface area contributed by atoms with Gasteiger partial charge >= 0.3 is 0 Å². The molecule has 2 amide bonds. The fraction of sp³-hybridized carbons (Fsp3) is 0.467. The van der Waals surface area contributed by atoms with E-state index in [1.165, 1.54) is 0 Å². The van der Waals surface area contributed by atoms with Crippen LogP contribution in [0.1, 0.15) is 12.5 Å². The van der Waals surface area contributed by atoms with Crippen LogP contribution in [0.25, 0.3) is 0 Å². The van der Waals surface area contributed by atoms with Crippen molar-refractivity contribution in [2.24, 2.45) is 0 Å². The summed E-state index contributed by atoms with van der Waals surface area (Å²) < 4.78 is 5.25. The van der Waals surface area contributed by atoms with Crippen LogP contribution in [-0.2, 0) is 20.7 Å². The Bertz CT molecular complexity index is 570. The van der Waals surface area contributed by atoms with Crippen molar-refractivity contribution < 1.29 is 14.3 Å². The van der Waals surface area contributed by atoms with E-state index in [1.54, 1.807) is 11.8 Å². The molecule has 1 aromatic rings. The number of anilines is 1. The fourth-order valence-electron chi connectivity index (χ4n) is 2.47. The first kappa shape index (κ1) is 14.4. The molecule has 0 aromatic heterocycles. The van der Waals surface area contributed by atoms with Gasteiger partial charge in [0.25, 0.3) is 0 Å². The molecule has 6 heteroatoms. The van der Waals surface area contributed by atoms with E-state index in [0.29, 0.717) is 32.7 Å². The Balaban J connectivity index is 1.70. The molecule has 1 atom stereocenters. The quantitative estimate of drug-likeness (QED) is 0.900. The Morgan fingerprint density at radius 1 is 1.43 bits per heavy atom. The average Bonchev–Trinajstić information content (AvgIpc) is 2.49. The van der Waals surface area contributed by atoms with E-state index in [0.717, 1.165) is 16.1 Å². The van der Waals surface area contributed by atoms with Gasteiger partial charge < -0.3 is 15.0 Å². The molecular weight excluding hydrogens is 288 g/mol. The van der Waals surface area contributed by atoms with Crippen LogP contribution in [0.5, 0.6) is 0 Å². The van der Waals surface area contributed by atoms with Crippen molar-refractivity contribution >= 4 is 29.3 Å². The number of benzene rings is 1. The number of amides is 2. The molecule has 0 aliphatic carbocycles. The maximum atomic E-state index is 12.2. The summed E-state index contributed by atoms with van der Waals surface area (Å²) in [6, 6.07) is 5.86. The van der Waals surface area contributed by atoms with Crippen molar-refractivity contribution in [3.05, 3.63) is 23.8 Å². The monoisotopic (exact) mass is 306 g/mol. The van der Waals surface area contributed by atoms with Crippen molar-refractivity contribution in [1.29, 1.82) is 0 Å². The highest BCUT2D eigenvalue weighted by Crippen LogP contribution is 2.36. The zero-order valence-electron chi connectivity index (χ0n) is 11.9. The highest BCUT2D eigenvalue weighted by atomic mass is 32.2. The Hall–Kier alpha value is -1.53. The van der Waals surface area contributed by atoms with Gasteiger partial charge in [-0.25, -0.2) is 0 Å². The molecule has 1 fully saturated rings. The highest BCUT2D eigenvalue weighted by molar-refractivity contribution is 8.00. The molecule has 112 valence electrons. The van der Waals surface area contributed by atoms with Gasteiger partial charge in [0.2, 0.25) is 11.8 Å². The van der Waals surface area contributed by atoms with Crippen LogP contribution in [0, 0.1) is 0 Å². The second-order valence-electron chi connectivity index (χ2n) is 5.25. The van der Waals surface area contributed by atoms with Gasteiger partial charge in [0.05, 0.1) is 30.6 Å². The first-order chi connectivity index (χ1) is 10.1. The maximum Gasteiger partial charge on any atom is 0.237 e. The first-order valence-electron chi connectivity index (χ1n) is 7.09. The number of ether oxygens (including phenoxy) is 1. The fourth-order valence-corrected chi connectivity index (χ4v) is 3.40. The summed E-state index contributed by atoms with van der Waals surface area (Å²) in [6.07, 6.45) is 0.364. The van der Waals surface area contributed by atoms with Gasteiger partial charge in [-0.3, -0.25) is 9.59 Å². The Morgan fingerprint density at radius 3 is 2.95 bits per heavy atom. The summed E-state index contributed by atoms with van der Waals surface area (Å²) in [7, 11) is 0. The molecule has 2 heterocycles. The number of nitrogens with one attached hydrogen (secondary N) is 1. The molecule has 0 saturated carbocycles. The number of nitrogens with zero attached hydrogens (tertiary/aromatic N) is 1. The number of hydrogen-bond acceptors (Lipinski definition) is 4. The van der Waals surface area contributed by atoms with Crippen molar-refractivity contribution in [2.45, 2.75) is 23.5 Å². The molecule has 1 unspecified atom stereocenters. The summed E-state index contributed by atoms with van der Waals surface area (Å²) >= 11 is 1.55. The van der Waals surface area contributed by atoms with Crippen LogP contribution in [0.15, 0.2) is 23.1 Å². The second-order valence-corrected chi connectivity index (χ2v) is 6.63. The highest BCUT2D eigenvalue weighted by Gasteiger charge is 2.23. The third-order valence-electron chi connectivity index (χ3n) is 3.69. The van der Waals surface area contributed by atoms with Crippen LogP contribution in [-0.4, -0.2) is 48.3 Å². The molecule has 0 spiro atoms. The number of carbonyl (C=O) groups is 2. The standard InChI is InChI=1S/C15H18N2O3S/c1-10-15(19)16-12-8-11(2-3-13(12)21-10)9-14(18)17-4-6-20-7-5-17/h2-3,8,10H,4-7,9H2,1H3,(H,16,19). The number of rotatable bonds is 2. The minimum atomic E-state index is -0.0710. The van der Waals surface area contributed by atoms with E-state index < -0.39 is 0 Å². The summed E-state index contributed by atoms with van der Waals surface area (Å²) in [6.45, 7) is 4.43. The third-order valence-corrected chi connectivity index (χ3v) is 4.87. The maximum absolute atomic E-state index is 12.2. The minimum absolute atomic E-state index is 0.0177. The molecule has 5 nitrogen and oxygen atoms in total. The van der Waals surface area contributed by atoms with E-state index in [-0.39, 0.29) is 17.1 Å². The van der Waals surface area contributed by atoms with Crippen molar-refractivity contribution in [2.75, 3.05) is 31.6 Å². The molecule has 0 radical (unpaired) electrons. The third kappa shape index (κ3) is 3.22. The number of morpholine rings is 1. The number of carbonyl (C=O) groups excluding carboxylic acids is 2. The van der Waals surface area contributed by atoms with E-state index in [1.807, 2.05) is 30.0 Å². The Morgan fingerprint density at radius 2 is 2.19 bits per heavy atom. The van der Waals surface area contributed by atoms with E-state index >= 15 is 0 Å². The van der Waals surface area contributed by atoms with E-state index in [2.05, 4.69) is 5.32 Å².